The lowest BCUT2D eigenvalue weighted by atomic mass is 9.98. The Morgan fingerprint density at radius 2 is 1.89 bits per heavy atom. The molecular weight excluding hydrogens is 432 g/mol. The number of hydrogen-bond acceptors (Lipinski definition) is 4. The van der Waals surface area contributed by atoms with E-state index in [9.17, 15) is 0 Å². The summed E-state index contributed by atoms with van der Waals surface area (Å²) in [6.07, 6.45) is 6.15. The zero-order valence-electron chi connectivity index (χ0n) is 20.5. The fourth-order valence-corrected chi connectivity index (χ4v) is 5.68. The van der Waals surface area contributed by atoms with E-state index in [0.717, 1.165) is 48.8 Å². The van der Waals surface area contributed by atoms with Crippen molar-refractivity contribution in [2.24, 2.45) is 11.8 Å². The van der Waals surface area contributed by atoms with Gasteiger partial charge in [-0.25, -0.2) is 4.98 Å². The Morgan fingerprint density at radius 3 is 2.66 bits per heavy atom. The maximum Gasteiger partial charge on any atom is 0.161 e. The summed E-state index contributed by atoms with van der Waals surface area (Å²) in [7, 11) is 4.34. The van der Waals surface area contributed by atoms with E-state index in [1.807, 2.05) is 30.5 Å². The molecule has 2 atom stereocenters. The summed E-state index contributed by atoms with van der Waals surface area (Å²) >= 11 is 0. The summed E-state index contributed by atoms with van der Waals surface area (Å²) in [4.78, 5) is 9.58. The second kappa shape index (κ2) is 8.44. The number of hydrogen-bond donors (Lipinski definition) is 0. The van der Waals surface area contributed by atoms with Gasteiger partial charge in [0, 0.05) is 56.0 Å². The molecule has 0 N–H and O–H groups in total. The van der Waals surface area contributed by atoms with Gasteiger partial charge in [0.2, 0.25) is 0 Å². The summed E-state index contributed by atoms with van der Waals surface area (Å²) < 4.78 is 4.52. The summed E-state index contributed by atoms with van der Waals surface area (Å²) in [5.41, 5.74) is 7.83. The highest BCUT2D eigenvalue weighted by Crippen LogP contribution is 2.36. The van der Waals surface area contributed by atoms with Gasteiger partial charge in [-0.15, -0.1) is 0 Å². The second-order valence-electron chi connectivity index (χ2n) is 10.3. The van der Waals surface area contributed by atoms with Crippen molar-refractivity contribution in [3.63, 3.8) is 0 Å². The van der Waals surface area contributed by atoms with Gasteiger partial charge in [-0.2, -0.15) is 5.26 Å². The fraction of sp³-hybridized carbons (Fsp3) is 0.310. The van der Waals surface area contributed by atoms with Crippen molar-refractivity contribution in [3.05, 3.63) is 78.2 Å². The molecule has 2 aliphatic heterocycles. The van der Waals surface area contributed by atoms with Crippen LogP contribution in [0.15, 0.2) is 67.1 Å². The molecule has 4 heterocycles. The number of aromatic nitrogens is 3. The Bertz CT molecular complexity index is 1420. The molecule has 6 heteroatoms. The number of fused-ring (bicyclic) bond motifs is 5. The normalized spacial score (nSPS) is 18.7. The zero-order valence-corrected chi connectivity index (χ0v) is 20.5. The van der Waals surface area contributed by atoms with Crippen LogP contribution in [0.3, 0.4) is 0 Å². The van der Waals surface area contributed by atoms with Crippen LogP contribution >= 0.6 is 0 Å². The third kappa shape index (κ3) is 3.82. The van der Waals surface area contributed by atoms with Crippen molar-refractivity contribution in [1.29, 1.82) is 5.26 Å². The first kappa shape index (κ1) is 21.7. The van der Waals surface area contributed by atoms with Crippen molar-refractivity contribution in [2.45, 2.75) is 13.5 Å². The summed E-state index contributed by atoms with van der Waals surface area (Å²) in [6, 6.07) is 19.1. The van der Waals surface area contributed by atoms with Crippen LogP contribution < -0.4 is 4.90 Å². The number of nitriles is 1. The van der Waals surface area contributed by atoms with E-state index in [4.69, 9.17) is 10.2 Å². The lowest BCUT2D eigenvalue weighted by Crippen LogP contribution is -2.27. The number of anilines is 1. The minimum absolute atomic E-state index is 0.676. The van der Waals surface area contributed by atoms with E-state index in [1.54, 1.807) is 0 Å². The highest BCUT2D eigenvalue weighted by atomic mass is 15.2. The molecule has 0 radical (unpaired) electrons. The minimum Gasteiger partial charge on any atom is -0.371 e. The molecule has 2 aromatic heterocycles. The van der Waals surface area contributed by atoms with Crippen LogP contribution in [0.1, 0.15) is 18.1 Å². The van der Waals surface area contributed by atoms with Gasteiger partial charge >= 0.3 is 0 Å². The summed E-state index contributed by atoms with van der Waals surface area (Å²) in [6.45, 7) is 6.51. The lowest BCUT2D eigenvalue weighted by Gasteiger charge is -2.22. The van der Waals surface area contributed by atoms with E-state index in [-0.39, 0.29) is 0 Å². The highest BCUT2D eigenvalue weighted by molar-refractivity contribution is 5.72. The predicted octanol–water partition coefficient (Wildman–Crippen LogP) is 4.88. The number of benzene rings is 2. The van der Waals surface area contributed by atoms with Crippen molar-refractivity contribution < 1.29 is 0 Å². The largest absolute Gasteiger partial charge is 0.371 e. The van der Waals surface area contributed by atoms with Crippen LogP contribution in [0, 0.1) is 23.2 Å². The van der Waals surface area contributed by atoms with Crippen molar-refractivity contribution >= 4 is 5.69 Å². The van der Waals surface area contributed by atoms with E-state index in [2.05, 4.69) is 82.7 Å². The Labute approximate surface area is 206 Å². The number of nitrogens with zero attached hydrogens (tertiary/aromatic N) is 6. The van der Waals surface area contributed by atoms with Crippen LogP contribution in [0.2, 0.25) is 0 Å². The molecule has 1 saturated heterocycles. The van der Waals surface area contributed by atoms with E-state index in [0.29, 0.717) is 17.4 Å². The number of rotatable bonds is 4. The molecule has 176 valence electrons. The minimum atomic E-state index is 0.676. The highest BCUT2D eigenvalue weighted by Gasteiger charge is 2.30. The molecular formula is C29H30N6. The van der Waals surface area contributed by atoms with E-state index in [1.165, 1.54) is 16.9 Å². The standard InChI is InChI=1S/C29H30N6/c1-20-15-33(19-25(20)16-32(2)3)26-8-9-27-24(12-26)18-34-17-23(22-6-4-21(14-30)5-7-22)13-28(34)29-31-10-11-35(27)29/h4-13,17,20,25H,15-16,18-19H2,1-3H3/t20-,25+/m0/s1. The van der Waals surface area contributed by atoms with Crippen molar-refractivity contribution in [3.8, 4) is 34.4 Å². The SMILES string of the molecule is C[C@H]1CN(c2ccc3c(c2)Cn2cc(-c4ccc(C#N)cc4)cc2-c2nccn2-3)C[C@H]1CN(C)C. The van der Waals surface area contributed by atoms with Gasteiger partial charge in [-0.1, -0.05) is 19.1 Å². The van der Waals surface area contributed by atoms with Crippen LogP contribution in [0.4, 0.5) is 5.69 Å². The molecule has 0 saturated carbocycles. The maximum absolute atomic E-state index is 9.14. The van der Waals surface area contributed by atoms with Crippen molar-refractivity contribution in [1.82, 2.24) is 19.0 Å². The van der Waals surface area contributed by atoms with Crippen LogP contribution in [0.25, 0.3) is 28.3 Å². The predicted molar refractivity (Wildman–Crippen MR) is 140 cm³/mol. The molecule has 0 unspecified atom stereocenters. The van der Waals surface area contributed by atoms with Gasteiger partial charge in [0.05, 0.1) is 23.0 Å². The average molecular weight is 463 g/mol. The van der Waals surface area contributed by atoms with Crippen LogP contribution in [0.5, 0.6) is 0 Å². The topological polar surface area (TPSA) is 53.0 Å². The van der Waals surface area contributed by atoms with Gasteiger partial charge < -0.3 is 14.4 Å². The molecule has 2 aromatic carbocycles. The monoisotopic (exact) mass is 462 g/mol. The van der Waals surface area contributed by atoms with Gasteiger partial charge in [0.25, 0.3) is 0 Å². The molecule has 4 aromatic rings. The van der Waals surface area contributed by atoms with E-state index >= 15 is 0 Å². The van der Waals surface area contributed by atoms with Gasteiger partial charge in [0.15, 0.2) is 5.82 Å². The molecule has 0 aliphatic carbocycles. The smallest absolute Gasteiger partial charge is 0.161 e. The van der Waals surface area contributed by atoms with Crippen LogP contribution in [-0.2, 0) is 6.54 Å². The molecule has 35 heavy (non-hydrogen) atoms. The quantitative estimate of drug-likeness (QED) is 0.382. The molecule has 0 bridgehead atoms. The molecule has 1 fully saturated rings. The Hall–Kier alpha value is -3.82. The third-order valence-electron chi connectivity index (χ3n) is 7.51. The molecule has 6 rings (SSSR count). The third-order valence-corrected chi connectivity index (χ3v) is 7.51. The first-order valence-electron chi connectivity index (χ1n) is 12.3. The number of imidazole rings is 1. The average Bonchev–Trinajstić information content (AvgIpc) is 3.56. The van der Waals surface area contributed by atoms with E-state index < -0.39 is 0 Å². The lowest BCUT2D eigenvalue weighted by molar-refractivity contribution is 0.301. The summed E-state index contributed by atoms with van der Waals surface area (Å²) in [5.74, 6) is 2.33. The van der Waals surface area contributed by atoms with Crippen molar-refractivity contribution in [2.75, 3.05) is 38.6 Å². The zero-order chi connectivity index (χ0) is 24.1. The van der Waals surface area contributed by atoms with Gasteiger partial charge in [-0.05, 0) is 73.5 Å². The van der Waals surface area contributed by atoms with Gasteiger partial charge in [-0.3, -0.25) is 4.57 Å². The Morgan fingerprint density at radius 1 is 1.06 bits per heavy atom. The first-order chi connectivity index (χ1) is 17.0. The Kier molecular flexibility index (Phi) is 5.23. The molecule has 6 nitrogen and oxygen atoms in total. The second-order valence-corrected chi connectivity index (χ2v) is 10.3. The molecule has 0 spiro atoms. The Balaban J connectivity index is 1.36. The van der Waals surface area contributed by atoms with Gasteiger partial charge in [0.1, 0.15) is 0 Å². The summed E-state index contributed by atoms with van der Waals surface area (Å²) in [5, 5.41) is 9.14. The maximum atomic E-state index is 9.14. The first-order valence-corrected chi connectivity index (χ1v) is 12.3. The molecule has 0 amide bonds. The van der Waals surface area contributed by atoms with Crippen LogP contribution in [-0.4, -0.2) is 52.7 Å². The molecule has 2 aliphatic rings. The fourth-order valence-electron chi connectivity index (χ4n) is 5.68.